The molecule has 0 unspecified atom stereocenters. The number of nitrogens with zero attached hydrogens (tertiary/aromatic N) is 2. The SMILES string of the molecule is Cc1nc(Oc2ccccc2)nc(C)c1NC(=O)c1c(F)cccc1Cl. The lowest BCUT2D eigenvalue weighted by atomic mass is 10.2. The minimum atomic E-state index is -0.699. The first kappa shape index (κ1) is 17.8. The standard InChI is InChI=1S/C19H15ClFN3O2/c1-11-17(24-18(25)16-14(20)9-6-10-15(16)21)12(2)23-19(22-11)26-13-7-4-3-5-8-13/h3-10H,1-2H3,(H,24,25). The Labute approximate surface area is 154 Å². The van der Waals surface area contributed by atoms with E-state index < -0.39 is 11.7 Å². The van der Waals surface area contributed by atoms with Crippen LogP contribution in [0.15, 0.2) is 48.5 Å². The highest BCUT2D eigenvalue weighted by molar-refractivity contribution is 6.34. The van der Waals surface area contributed by atoms with Gasteiger partial charge >= 0.3 is 6.01 Å². The fraction of sp³-hybridized carbons (Fsp3) is 0.105. The molecule has 0 aliphatic heterocycles. The molecule has 0 spiro atoms. The smallest absolute Gasteiger partial charge is 0.322 e. The number of aryl methyl sites for hydroxylation is 2. The van der Waals surface area contributed by atoms with Crippen LogP contribution in [0.3, 0.4) is 0 Å². The molecule has 0 saturated heterocycles. The first-order valence-electron chi connectivity index (χ1n) is 7.79. The fourth-order valence-electron chi connectivity index (χ4n) is 2.40. The number of carbonyl (C=O) groups is 1. The van der Waals surface area contributed by atoms with E-state index in [9.17, 15) is 9.18 Å². The van der Waals surface area contributed by atoms with E-state index in [0.29, 0.717) is 22.8 Å². The Morgan fingerprint density at radius 1 is 1.04 bits per heavy atom. The van der Waals surface area contributed by atoms with Crippen molar-refractivity contribution in [3.8, 4) is 11.8 Å². The summed E-state index contributed by atoms with van der Waals surface area (Å²) < 4.78 is 19.5. The van der Waals surface area contributed by atoms with Crippen LogP contribution in [0.2, 0.25) is 5.02 Å². The van der Waals surface area contributed by atoms with Crippen molar-refractivity contribution in [2.75, 3.05) is 5.32 Å². The van der Waals surface area contributed by atoms with Crippen LogP contribution >= 0.6 is 11.6 Å². The number of rotatable bonds is 4. The molecule has 132 valence electrons. The first-order chi connectivity index (χ1) is 12.5. The number of ether oxygens (including phenoxy) is 1. The predicted octanol–water partition coefficient (Wildman–Crippen LogP) is 4.93. The van der Waals surface area contributed by atoms with E-state index >= 15 is 0 Å². The minimum Gasteiger partial charge on any atom is -0.424 e. The third kappa shape index (κ3) is 3.81. The van der Waals surface area contributed by atoms with Crippen LogP contribution in [0.4, 0.5) is 10.1 Å². The van der Waals surface area contributed by atoms with Gasteiger partial charge in [0.15, 0.2) is 0 Å². The van der Waals surface area contributed by atoms with Crippen molar-refractivity contribution in [1.82, 2.24) is 9.97 Å². The van der Waals surface area contributed by atoms with Crippen molar-refractivity contribution in [2.24, 2.45) is 0 Å². The van der Waals surface area contributed by atoms with E-state index in [1.807, 2.05) is 18.2 Å². The Kier molecular flexibility index (Phi) is 5.14. The molecule has 3 rings (SSSR count). The average Bonchev–Trinajstić information content (AvgIpc) is 2.59. The number of carbonyl (C=O) groups excluding carboxylic acids is 1. The molecule has 26 heavy (non-hydrogen) atoms. The van der Waals surface area contributed by atoms with Gasteiger partial charge in [-0.15, -0.1) is 0 Å². The van der Waals surface area contributed by atoms with Gasteiger partial charge in [0, 0.05) is 0 Å². The van der Waals surface area contributed by atoms with Crippen molar-refractivity contribution in [3.63, 3.8) is 0 Å². The number of aromatic nitrogens is 2. The van der Waals surface area contributed by atoms with Crippen LogP contribution < -0.4 is 10.1 Å². The molecule has 1 amide bonds. The molecular formula is C19H15ClFN3O2. The quantitative estimate of drug-likeness (QED) is 0.706. The van der Waals surface area contributed by atoms with Crippen LogP contribution in [0.1, 0.15) is 21.7 Å². The maximum atomic E-state index is 13.9. The van der Waals surface area contributed by atoms with Gasteiger partial charge in [0.1, 0.15) is 11.6 Å². The third-order valence-electron chi connectivity index (χ3n) is 3.63. The zero-order valence-electron chi connectivity index (χ0n) is 14.1. The van der Waals surface area contributed by atoms with Gasteiger partial charge in [-0.2, -0.15) is 9.97 Å². The molecule has 0 saturated carbocycles. The van der Waals surface area contributed by atoms with Crippen LogP contribution in [0.25, 0.3) is 0 Å². The number of halogens is 2. The number of benzene rings is 2. The highest BCUT2D eigenvalue weighted by Crippen LogP contribution is 2.25. The van der Waals surface area contributed by atoms with E-state index in [0.717, 1.165) is 0 Å². The van der Waals surface area contributed by atoms with Crippen LogP contribution in [0, 0.1) is 19.7 Å². The second-order valence-electron chi connectivity index (χ2n) is 5.52. The molecule has 0 radical (unpaired) electrons. The summed E-state index contributed by atoms with van der Waals surface area (Å²) in [4.78, 5) is 20.9. The summed E-state index contributed by atoms with van der Waals surface area (Å²) in [5, 5.41) is 2.65. The van der Waals surface area contributed by atoms with Gasteiger partial charge in [-0.25, -0.2) is 4.39 Å². The molecule has 5 nitrogen and oxygen atoms in total. The number of nitrogens with one attached hydrogen (secondary N) is 1. The summed E-state index contributed by atoms with van der Waals surface area (Å²) in [5.41, 5.74) is 1.14. The monoisotopic (exact) mass is 371 g/mol. The molecule has 2 aromatic carbocycles. The molecule has 0 atom stereocenters. The third-order valence-corrected chi connectivity index (χ3v) is 3.95. The second-order valence-corrected chi connectivity index (χ2v) is 5.93. The zero-order chi connectivity index (χ0) is 18.7. The molecule has 1 N–H and O–H groups in total. The highest BCUT2D eigenvalue weighted by Gasteiger charge is 2.19. The van der Waals surface area contributed by atoms with Crippen molar-refractivity contribution >= 4 is 23.2 Å². The fourth-order valence-corrected chi connectivity index (χ4v) is 2.65. The molecule has 1 aromatic heterocycles. The molecule has 0 aliphatic carbocycles. The highest BCUT2D eigenvalue weighted by atomic mass is 35.5. The summed E-state index contributed by atoms with van der Waals surface area (Å²) in [5.74, 6) is -0.767. The van der Waals surface area contributed by atoms with E-state index in [1.165, 1.54) is 18.2 Å². The summed E-state index contributed by atoms with van der Waals surface area (Å²) in [6.07, 6.45) is 0. The van der Waals surface area contributed by atoms with Gasteiger partial charge in [0.2, 0.25) is 0 Å². The number of hydrogen-bond donors (Lipinski definition) is 1. The van der Waals surface area contributed by atoms with E-state index in [1.54, 1.807) is 26.0 Å². The molecule has 7 heteroatoms. The van der Waals surface area contributed by atoms with Crippen molar-refractivity contribution in [1.29, 1.82) is 0 Å². The number of hydrogen-bond acceptors (Lipinski definition) is 4. The van der Waals surface area contributed by atoms with Gasteiger partial charge in [-0.3, -0.25) is 4.79 Å². The molecule has 0 aliphatic rings. The van der Waals surface area contributed by atoms with E-state index in [-0.39, 0.29) is 16.6 Å². The van der Waals surface area contributed by atoms with E-state index in [4.69, 9.17) is 16.3 Å². The minimum absolute atomic E-state index is 0.0303. The maximum absolute atomic E-state index is 13.9. The predicted molar refractivity (Wildman–Crippen MR) is 97.4 cm³/mol. The van der Waals surface area contributed by atoms with Crippen molar-refractivity contribution in [3.05, 3.63) is 76.3 Å². The summed E-state index contributed by atoms with van der Waals surface area (Å²) >= 11 is 5.93. The Morgan fingerprint density at radius 3 is 2.31 bits per heavy atom. The lowest BCUT2D eigenvalue weighted by Crippen LogP contribution is -2.17. The van der Waals surface area contributed by atoms with Crippen LogP contribution in [-0.4, -0.2) is 15.9 Å². The lowest BCUT2D eigenvalue weighted by molar-refractivity contribution is 0.102. The molecule has 0 bridgehead atoms. The lowest BCUT2D eigenvalue weighted by Gasteiger charge is -2.13. The number of anilines is 1. The van der Waals surface area contributed by atoms with Crippen LogP contribution in [0.5, 0.6) is 11.8 Å². The summed E-state index contributed by atoms with van der Waals surface area (Å²) in [6, 6.07) is 13.3. The molecule has 3 aromatic rings. The van der Waals surface area contributed by atoms with Gasteiger partial charge in [0.05, 0.1) is 27.7 Å². The first-order valence-corrected chi connectivity index (χ1v) is 8.17. The summed E-state index contributed by atoms with van der Waals surface area (Å²) in [7, 11) is 0. The van der Waals surface area contributed by atoms with Gasteiger partial charge < -0.3 is 10.1 Å². The second kappa shape index (κ2) is 7.49. The zero-order valence-corrected chi connectivity index (χ0v) is 14.8. The van der Waals surface area contributed by atoms with Crippen molar-refractivity contribution in [2.45, 2.75) is 13.8 Å². The largest absolute Gasteiger partial charge is 0.424 e. The topological polar surface area (TPSA) is 64.1 Å². The maximum Gasteiger partial charge on any atom is 0.322 e. The summed E-state index contributed by atoms with van der Waals surface area (Å²) in [6.45, 7) is 3.40. The number of para-hydroxylation sites is 1. The van der Waals surface area contributed by atoms with Gasteiger partial charge in [-0.05, 0) is 38.1 Å². The van der Waals surface area contributed by atoms with Crippen LogP contribution in [-0.2, 0) is 0 Å². The normalized spacial score (nSPS) is 10.5. The van der Waals surface area contributed by atoms with E-state index in [2.05, 4.69) is 15.3 Å². The Bertz CT molecular complexity index is 921. The Balaban J connectivity index is 1.86. The Morgan fingerprint density at radius 2 is 1.69 bits per heavy atom. The van der Waals surface area contributed by atoms with Crippen molar-refractivity contribution < 1.29 is 13.9 Å². The van der Waals surface area contributed by atoms with Gasteiger partial charge in [-0.1, -0.05) is 35.9 Å². The molecular weight excluding hydrogens is 357 g/mol. The van der Waals surface area contributed by atoms with Gasteiger partial charge in [0.25, 0.3) is 5.91 Å². The number of amides is 1. The Hall–Kier alpha value is -2.99. The average molecular weight is 372 g/mol. The molecule has 0 fully saturated rings. The molecule has 1 heterocycles.